The minimum absolute atomic E-state index is 0.00442. The smallest absolute Gasteiger partial charge is 0.267 e. The van der Waals surface area contributed by atoms with Gasteiger partial charge in [-0.05, 0) is 12.8 Å². The number of amides is 1. The predicted octanol–water partition coefficient (Wildman–Crippen LogP) is 1.15. The number of carbonyl (C=O) groups is 1. The number of ether oxygens (including phenoxy) is 2. The van der Waals surface area contributed by atoms with E-state index in [2.05, 4.69) is 15.2 Å². The molecule has 25 heavy (non-hydrogen) atoms. The lowest BCUT2D eigenvalue weighted by atomic mass is 9.79. The maximum atomic E-state index is 12.5. The topological polar surface area (TPSA) is 83.7 Å². The van der Waals surface area contributed by atoms with Crippen LogP contribution >= 0.6 is 0 Å². The molecular formula is C18H27N3O4. The van der Waals surface area contributed by atoms with Gasteiger partial charge < -0.3 is 19.8 Å². The Morgan fingerprint density at radius 1 is 1.32 bits per heavy atom. The summed E-state index contributed by atoms with van der Waals surface area (Å²) >= 11 is 0. The Hall–Kier alpha value is -1.86. The number of nitrogens with zero attached hydrogens (tertiary/aromatic N) is 1. The fourth-order valence-corrected chi connectivity index (χ4v) is 3.94. The molecule has 2 aliphatic rings. The number of aromatic nitrogens is 1. The van der Waals surface area contributed by atoms with Crippen LogP contribution in [0, 0.1) is 0 Å². The minimum Gasteiger partial charge on any atom is -0.491 e. The molecule has 2 N–H and O–H groups in total. The zero-order valence-electron chi connectivity index (χ0n) is 14.8. The molecule has 0 atom stereocenters. The molecule has 1 amide bonds. The van der Waals surface area contributed by atoms with Gasteiger partial charge in [0.1, 0.15) is 5.69 Å². The molecule has 3 rings (SSSR count). The number of rotatable bonds is 5. The lowest BCUT2D eigenvalue weighted by molar-refractivity contribution is -0.0361. The number of nitrogens with one attached hydrogen (secondary N) is 2. The van der Waals surface area contributed by atoms with Crippen molar-refractivity contribution in [1.82, 2.24) is 15.2 Å². The highest BCUT2D eigenvalue weighted by Crippen LogP contribution is 2.33. The molecule has 1 saturated carbocycles. The Morgan fingerprint density at radius 3 is 2.68 bits per heavy atom. The van der Waals surface area contributed by atoms with Crippen LogP contribution in [-0.4, -0.2) is 61.3 Å². The molecular weight excluding hydrogens is 322 g/mol. The van der Waals surface area contributed by atoms with E-state index in [1.165, 1.54) is 38.6 Å². The molecule has 7 nitrogen and oxygen atoms in total. The van der Waals surface area contributed by atoms with Gasteiger partial charge in [-0.15, -0.1) is 0 Å². The van der Waals surface area contributed by atoms with Crippen LogP contribution in [0.2, 0.25) is 0 Å². The SMILES string of the molecule is COc1c[nH]c(C(=O)NCC2(N3CCOCC3)CCCCC2)cc1=O. The van der Waals surface area contributed by atoms with Crippen molar-refractivity contribution in [3.63, 3.8) is 0 Å². The van der Waals surface area contributed by atoms with Crippen molar-refractivity contribution >= 4 is 5.91 Å². The molecule has 1 aromatic rings. The van der Waals surface area contributed by atoms with Crippen LogP contribution in [0.5, 0.6) is 5.75 Å². The normalized spacial score (nSPS) is 20.8. The molecule has 0 unspecified atom stereocenters. The fourth-order valence-electron chi connectivity index (χ4n) is 3.94. The third-order valence-electron chi connectivity index (χ3n) is 5.39. The summed E-state index contributed by atoms with van der Waals surface area (Å²) < 4.78 is 10.4. The van der Waals surface area contributed by atoms with E-state index in [1.54, 1.807) is 0 Å². The zero-order chi connectivity index (χ0) is 17.7. The van der Waals surface area contributed by atoms with E-state index in [-0.39, 0.29) is 28.3 Å². The Morgan fingerprint density at radius 2 is 2.04 bits per heavy atom. The van der Waals surface area contributed by atoms with Gasteiger partial charge in [0.05, 0.1) is 20.3 Å². The number of morpholine rings is 1. The highest BCUT2D eigenvalue weighted by Gasteiger charge is 2.38. The molecule has 2 fully saturated rings. The maximum Gasteiger partial charge on any atom is 0.267 e. The summed E-state index contributed by atoms with van der Waals surface area (Å²) in [5.74, 6) is -0.0495. The van der Waals surface area contributed by atoms with Crippen LogP contribution in [0.4, 0.5) is 0 Å². The minimum atomic E-state index is -0.299. The predicted molar refractivity (Wildman–Crippen MR) is 94.2 cm³/mol. The van der Waals surface area contributed by atoms with E-state index in [0.717, 1.165) is 39.1 Å². The van der Waals surface area contributed by atoms with E-state index in [1.807, 2.05) is 0 Å². The fraction of sp³-hybridized carbons (Fsp3) is 0.667. The first kappa shape index (κ1) is 17.9. The van der Waals surface area contributed by atoms with Crippen LogP contribution in [-0.2, 0) is 4.74 Å². The summed E-state index contributed by atoms with van der Waals surface area (Å²) in [5, 5.41) is 3.04. The Kier molecular flexibility index (Phi) is 5.75. The summed E-state index contributed by atoms with van der Waals surface area (Å²) in [6.07, 6.45) is 7.24. The molecule has 0 bridgehead atoms. The van der Waals surface area contributed by atoms with Gasteiger partial charge in [-0.3, -0.25) is 14.5 Å². The van der Waals surface area contributed by atoms with E-state index >= 15 is 0 Å². The van der Waals surface area contributed by atoms with Gasteiger partial charge in [0, 0.05) is 37.4 Å². The quantitative estimate of drug-likeness (QED) is 0.833. The largest absolute Gasteiger partial charge is 0.491 e. The van der Waals surface area contributed by atoms with E-state index < -0.39 is 0 Å². The van der Waals surface area contributed by atoms with Crippen LogP contribution < -0.4 is 15.5 Å². The maximum absolute atomic E-state index is 12.5. The van der Waals surface area contributed by atoms with Crippen molar-refractivity contribution in [3.05, 3.63) is 28.2 Å². The van der Waals surface area contributed by atoms with Crippen molar-refractivity contribution in [1.29, 1.82) is 0 Å². The van der Waals surface area contributed by atoms with E-state index in [9.17, 15) is 9.59 Å². The first-order chi connectivity index (χ1) is 12.1. The number of pyridine rings is 1. The third-order valence-corrected chi connectivity index (χ3v) is 5.39. The highest BCUT2D eigenvalue weighted by atomic mass is 16.5. The Bertz CT molecular complexity index is 646. The van der Waals surface area contributed by atoms with Gasteiger partial charge in [0.2, 0.25) is 5.43 Å². The molecule has 1 aliphatic carbocycles. The van der Waals surface area contributed by atoms with Crippen LogP contribution in [0.3, 0.4) is 0 Å². The number of carbonyl (C=O) groups excluding carboxylic acids is 1. The van der Waals surface area contributed by atoms with Gasteiger partial charge in [-0.2, -0.15) is 0 Å². The van der Waals surface area contributed by atoms with Crippen LogP contribution in [0.15, 0.2) is 17.1 Å². The average molecular weight is 349 g/mol. The first-order valence-corrected chi connectivity index (χ1v) is 9.02. The van der Waals surface area contributed by atoms with Crippen molar-refractivity contribution < 1.29 is 14.3 Å². The standard InChI is InChI=1S/C18H27N3O4/c1-24-16-12-19-14(11-15(16)22)17(23)20-13-18(5-3-2-4-6-18)21-7-9-25-10-8-21/h11-12H,2-10,13H2,1H3,(H,19,22)(H,20,23). The van der Waals surface area contributed by atoms with Crippen LogP contribution in [0.25, 0.3) is 0 Å². The summed E-state index contributed by atoms with van der Waals surface area (Å²) in [5.41, 5.74) is -0.0320. The summed E-state index contributed by atoms with van der Waals surface area (Å²) in [6, 6.07) is 1.29. The summed E-state index contributed by atoms with van der Waals surface area (Å²) in [7, 11) is 1.43. The molecule has 1 saturated heterocycles. The highest BCUT2D eigenvalue weighted by molar-refractivity contribution is 5.92. The van der Waals surface area contributed by atoms with Crippen molar-refractivity contribution in [2.24, 2.45) is 0 Å². The van der Waals surface area contributed by atoms with Gasteiger partial charge in [0.25, 0.3) is 5.91 Å². The lowest BCUT2D eigenvalue weighted by Gasteiger charge is -2.48. The number of hydrogen-bond acceptors (Lipinski definition) is 5. The Labute approximate surface area is 147 Å². The second-order valence-corrected chi connectivity index (χ2v) is 6.85. The number of aromatic amines is 1. The molecule has 0 spiro atoms. The van der Waals surface area contributed by atoms with Crippen LogP contribution in [0.1, 0.15) is 42.6 Å². The monoisotopic (exact) mass is 349 g/mol. The summed E-state index contributed by atoms with van der Waals surface area (Å²) in [6.45, 7) is 3.92. The van der Waals surface area contributed by atoms with Gasteiger partial charge in [-0.1, -0.05) is 19.3 Å². The number of methoxy groups -OCH3 is 1. The van der Waals surface area contributed by atoms with Gasteiger partial charge in [0.15, 0.2) is 5.75 Å². The number of H-pyrrole nitrogens is 1. The average Bonchev–Trinajstić information content (AvgIpc) is 2.67. The lowest BCUT2D eigenvalue weighted by Crippen LogP contribution is -2.59. The van der Waals surface area contributed by atoms with Crippen molar-refractivity contribution in [2.45, 2.75) is 37.6 Å². The van der Waals surface area contributed by atoms with Crippen molar-refractivity contribution in [3.8, 4) is 5.75 Å². The summed E-state index contributed by atoms with van der Waals surface area (Å²) in [4.78, 5) is 29.7. The molecule has 2 heterocycles. The van der Waals surface area contributed by atoms with E-state index in [0.29, 0.717) is 6.54 Å². The molecule has 138 valence electrons. The zero-order valence-corrected chi connectivity index (χ0v) is 14.8. The second-order valence-electron chi connectivity index (χ2n) is 6.85. The molecule has 0 radical (unpaired) electrons. The molecule has 1 aromatic heterocycles. The van der Waals surface area contributed by atoms with Crippen molar-refractivity contribution in [2.75, 3.05) is 40.0 Å². The number of hydrogen-bond donors (Lipinski definition) is 2. The Balaban J connectivity index is 1.69. The third kappa shape index (κ3) is 4.04. The molecule has 1 aliphatic heterocycles. The van der Waals surface area contributed by atoms with Gasteiger partial charge in [-0.25, -0.2) is 0 Å². The second kappa shape index (κ2) is 8.01. The first-order valence-electron chi connectivity index (χ1n) is 9.02. The van der Waals surface area contributed by atoms with E-state index in [4.69, 9.17) is 9.47 Å². The molecule has 7 heteroatoms. The van der Waals surface area contributed by atoms with Gasteiger partial charge >= 0.3 is 0 Å². The molecule has 0 aromatic carbocycles.